The lowest BCUT2D eigenvalue weighted by Crippen LogP contribution is -2.19. The maximum absolute atomic E-state index is 12.2. The molecule has 0 spiro atoms. The van der Waals surface area contributed by atoms with Gasteiger partial charge in [-0.2, -0.15) is 13.2 Å². The summed E-state index contributed by atoms with van der Waals surface area (Å²) in [5.74, 6) is 0. The molecule has 1 aliphatic rings. The molecule has 0 aromatic carbocycles. The predicted octanol–water partition coefficient (Wildman–Crippen LogP) is 2.83. The standard InChI is InChI=1S/C9H9F3OS/c10-9(11,12)8(13)7-4-5-2-1-3-6(5)14-7/h4,8,13H,1-3H2/t8-/m0/s1. The Hall–Kier alpha value is -0.550. The average Bonchev–Trinajstić information content (AvgIpc) is 2.58. The molecule has 1 aromatic rings. The highest BCUT2D eigenvalue weighted by molar-refractivity contribution is 7.12. The second-order valence-corrected chi connectivity index (χ2v) is 4.56. The van der Waals surface area contributed by atoms with Crippen molar-refractivity contribution in [1.29, 1.82) is 0 Å². The zero-order valence-electron chi connectivity index (χ0n) is 7.27. The SMILES string of the molecule is O[C@@H](c1cc2c(s1)CCC2)C(F)(F)F. The van der Waals surface area contributed by atoms with Crippen molar-refractivity contribution in [2.75, 3.05) is 0 Å². The van der Waals surface area contributed by atoms with Crippen LogP contribution < -0.4 is 0 Å². The van der Waals surface area contributed by atoms with Crippen LogP contribution in [0.25, 0.3) is 0 Å². The Morgan fingerprint density at radius 1 is 1.36 bits per heavy atom. The highest BCUT2D eigenvalue weighted by atomic mass is 32.1. The molecule has 0 saturated heterocycles. The van der Waals surface area contributed by atoms with Crippen molar-refractivity contribution >= 4 is 11.3 Å². The molecule has 1 nitrogen and oxygen atoms in total. The summed E-state index contributed by atoms with van der Waals surface area (Å²) in [6.45, 7) is 0. The fourth-order valence-corrected chi connectivity index (χ4v) is 2.92. The Bertz CT molecular complexity index is 321. The van der Waals surface area contributed by atoms with E-state index in [-0.39, 0.29) is 4.88 Å². The van der Waals surface area contributed by atoms with E-state index in [2.05, 4.69) is 0 Å². The summed E-state index contributed by atoms with van der Waals surface area (Å²) >= 11 is 1.09. The van der Waals surface area contributed by atoms with Crippen LogP contribution in [0.1, 0.15) is 27.8 Å². The molecule has 0 amide bonds. The van der Waals surface area contributed by atoms with E-state index in [9.17, 15) is 13.2 Å². The molecule has 0 unspecified atom stereocenters. The first kappa shape index (κ1) is 9.98. The van der Waals surface area contributed by atoms with Crippen molar-refractivity contribution in [1.82, 2.24) is 0 Å². The second-order valence-electron chi connectivity index (χ2n) is 3.39. The Balaban J connectivity index is 2.25. The van der Waals surface area contributed by atoms with E-state index in [0.717, 1.165) is 41.0 Å². The second kappa shape index (κ2) is 3.24. The van der Waals surface area contributed by atoms with Gasteiger partial charge in [0.2, 0.25) is 0 Å². The minimum atomic E-state index is -4.54. The van der Waals surface area contributed by atoms with Gasteiger partial charge in [-0.3, -0.25) is 0 Å². The van der Waals surface area contributed by atoms with Crippen molar-refractivity contribution in [3.63, 3.8) is 0 Å². The van der Waals surface area contributed by atoms with E-state index in [1.807, 2.05) is 0 Å². The van der Waals surface area contributed by atoms with Crippen LogP contribution in [0.15, 0.2) is 6.07 Å². The summed E-state index contributed by atoms with van der Waals surface area (Å²) in [4.78, 5) is 1.03. The fraction of sp³-hybridized carbons (Fsp3) is 0.556. The van der Waals surface area contributed by atoms with Gasteiger partial charge in [0.15, 0.2) is 6.10 Å². The van der Waals surface area contributed by atoms with Crippen molar-refractivity contribution in [3.05, 3.63) is 21.4 Å². The molecule has 0 fully saturated rings. The number of fused-ring (bicyclic) bond motifs is 1. The third kappa shape index (κ3) is 1.66. The Morgan fingerprint density at radius 3 is 2.64 bits per heavy atom. The molecule has 0 radical (unpaired) electrons. The lowest BCUT2D eigenvalue weighted by molar-refractivity contribution is -0.205. The van der Waals surface area contributed by atoms with E-state index in [1.165, 1.54) is 6.07 Å². The summed E-state index contributed by atoms with van der Waals surface area (Å²) in [6, 6.07) is 1.49. The average molecular weight is 222 g/mol. The smallest absolute Gasteiger partial charge is 0.379 e. The molecule has 1 aliphatic carbocycles. The molecule has 78 valence electrons. The van der Waals surface area contributed by atoms with Crippen molar-refractivity contribution in [2.45, 2.75) is 31.5 Å². The van der Waals surface area contributed by atoms with E-state index in [0.29, 0.717) is 0 Å². The maximum Gasteiger partial charge on any atom is 0.419 e. The van der Waals surface area contributed by atoms with Crippen LogP contribution in [0.3, 0.4) is 0 Å². The number of rotatable bonds is 1. The number of halogens is 3. The molecule has 0 aliphatic heterocycles. The first-order valence-electron chi connectivity index (χ1n) is 4.35. The molecule has 1 heterocycles. The number of aliphatic hydroxyl groups excluding tert-OH is 1. The predicted molar refractivity (Wildman–Crippen MR) is 47.4 cm³/mol. The van der Waals surface area contributed by atoms with Gasteiger partial charge in [0, 0.05) is 9.75 Å². The summed E-state index contributed by atoms with van der Waals surface area (Å²) in [5.41, 5.74) is 0.980. The Morgan fingerprint density at radius 2 is 2.07 bits per heavy atom. The molecule has 1 atom stereocenters. The summed E-state index contributed by atoms with van der Waals surface area (Å²) < 4.78 is 36.5. The molecule has 14 heavy (non-hydrogen) atoms. The first-order valence-corrected chi connectivity index (χ1v) is 5.16. The summed E-state index contributed by atoms with van der Waals surface area (Å²) in [7, 11) is 0. The molecule has 1 N–H and O–H groups in total. The first-order chi connectivity index (χ1) is 6.48. The van der Waals surface area contributed by atoms with Crippen LogP contribution in [-0.2, 0) is 12.8 Å². The largest absolute Gasteiger partial charge is 0.419 e. The van der Waals surface area contributed by atoms with Gasteiger partial charge in [0.1, 0.15) is 0 Å². The third-order valence-corrected chi connectivity index (χ3v) is 3.63. The number of aliphatic hydroxyl groups is 1. The number of alkyl halides is 3. The van der Waals surface area contributed by atoms with Gasteiger partial charge in [-0.05, 0) is 30.9 Å². The molecule has 5 heteroatoms. The summed E-state index contributed by atoms with van der Waals surface area (Å²) in [5, 5.41) is 9.00. The van der Waals surface area contributed by atoms with E-state index in [4.69, 9.17) is 5.11 Å². The highest BCUT2D eigenvalue weighted by Crippen LogP contribution is 2.39. The van der Waals surface area contributed by atoms with Gasteiger partial charge in [-0.15, -0.1) is 11.3 Å². The fourth-order valence-electron chi connectivity index (χ4n) is 1.65. The van der Waals surface area contributed by atoms with Crippen LogP contribution in [0.4, 0.5) is 13.2 Å². The molecule has 0 bridgehead atoms. The third-order valence-electron chi connectivity index (χ3n) is 2.35. The Labute approximate surface area is 83.2 Å². The van der Waals surface area contributed by atoms with Crippen LogP contribution in [0, 0.1) is 0 Å². The van der Waals surface area contributed by atoms with Gasteiger partial charge in [0.05, 0.1) is 0 Å². The monoisotopic (exact) mass is 222 g/mol. The number of hydrogen-bond acceptors (Lipinski definition) is 2. The van der Waals surface area contributed by atoms with Gasteiger partial charge in [-0.1, -0.05) is 0 Å². The van der Waals surface area contributed by atoms with Gasteiger partial charge in [0.25, 0.3) is 0 Å². The normalized spacial score (nSPS) is 18.3. The van der Waals surface area contributed by atoms with Crippen molar-refractivity contribution in [2.24, 2.45) is 0 Å². The zero-order valence-corrected chi connectivity index (χ0v) is 8.08. The van der Waals surface area contributed by atoms with Crippen LogP contribution in [-0.4, -0.2) is 11.3 Å². The lowest BCUT2D eigenvalue weighted by atomic mass is 10.2. The topological polar surface area (TPSA) is 20.2 Å². The molecular weight excluding hydrogens is 213 g/mol. The highest BCUT2D eigenvalue weighted by Gasteiger charge is 2.40. The maximum atomic E-state index is 12.2. The van der Waals surface area contributed by atoms with E-state index in [1.54, 1.807) is 0 Å². The van der Waals surface area contributed by atoms with E-state index < -0.39 is 12.3 Å². The lowest BCUT2D eigenvalue weighted by Gasteiger charge is -2.12. The van der Waals surface area contributed by atoms with Gasteiger partial charge in [-0.25, -0.2) is 0 Å². The van der Waals surface area contributed by atoms with E-state index >= 15 is 0 Å². The van der Waals surface area contributed by atoms with Crippen LogP contribution >= 0.6 is 11.3 Å². The molecular formula is C9H9F3OS. The quantitative estimate of drug-likeness (QED) is 0.774. The van der Waals surface area contributed by atoms with Crippen molar-refractivity contribution < 1.29 is 18.3 Å². The number of thiophene rings is 1. The van der Waals surface area contributed by atoms with Gasteiger partial charge >= 0.3 is 6.18 Å². The summed E-state index contributed by atoms with van der Waals surface area (Å²) in [6.07, 6.45) is -4.14. The van der Waals surface area contributed by atoms with Crippen LogP contribution in [0.2, 0.25) is 0 Å². The molecule has 0 saturated carbocycles. The molecule has 2 rings (SSSR count). The number of aryl methyl sites for hydroxylation is 2. The molecule has 1 aromatic heterocycles. The number of hydrogen-bond donors (Lipinski definition) is 1. The Kier molecular flexibility index (Phi) is 2.31. The van der Waals surface area contributed by atoms with Gasteiger partial charge < -0.3 is 5.11 Å². The van der Waals surface area contributed by atoms with Crippen molar-refractivity contribution in [3.8, 4) is 0 Å². The van der Waals surface area contributed by atoms with Crippen LogP contribution in [0.5, 0.6) is 0 Å². The zero-order chi connectivity index (χ0) is 10.3. The minimum Gasteiger partial charge on any atom is -0.379 e. The minimum absolute atomic E-state index is 0.0298.